The van der Waals surface area contributed by atoms with Crippen molar-refractivity contribution in [1.82, 2.24) is 20.0 Å². The number of nitrogens with zero attached hydrogens (tertiary/aromatic N) is 3. The molecule has 0 saturated carbocycles. The van der Waals surface area contributed by atoms with Crippen molar-refractivity contribution in [3.63, 3.8) is 0 Å². The van der Waals surface area contributed by atoms with E-state index >= 15 is 0 Å². The van der Waals surface area contributed by atoms with Gasteiger partial charge in [0.25, 0.3) is 0 Å². The lowest BCUT2D eigenvalue weighted by atomic mass is 10.2. The highest BCUT2D eigenvalue weighted by Gasteiger charge is 2.34. The first-order chi connectivity index (χ1) is 7.68. The fourth-order valence-corrected chi connectivity index (χ4v) is 2.37. The third kappa shape index (κ3) is 2.47. The van der Waals surface area contributed by atoms with Gasteiger partial charge in [0.05, 0.1) is 0 Å². The molecule has 1 N–H and O–H groups in total. The van der Waals surface area contributed by atoms with Crippen molar-refractivity contribution >= 4 is 6.03 Å². The summed E-state index contributed by atoms with van der Waals surface area (Å²) in [5.74, 6) is 0. The Morgan fingerprint density at radius 2 is 2.25 bits per heavy atom. The summed E-state index contributed by atoms with van der Waals surface area (Å²) in [4.78, 5) is 18.2. The van der Waals surface area contributed by atoms with Crippen LogP contribution in [0.5, 0.6) is 0 Å². The predicted molar refractivity (Wildman–Crippen MR) is 63.5 cm³/mol. The molecule has 1 unspecified atom stereocenters. The van der Waals surface area contributed by atoms with Crippen LogP contribution in [-0.2, 0) is 0 Å². The van der Waals surface area contributed by atoms with Crippen molar-refractivity contribution in [3.05, 3.63) is 0 Å². The predicted octanol–water partition coefficient (Wildman–Crippen LogP) is -0.352. The molecule has 0 aromatic heterocycles. The smallest absolute Gasteiger partial charge is 0.320 e. The Labute approximate surface area is 97.4 Å². The summed E-state index contributed by atoms with van der Waals surface area (Å²) in [6.07, 6.45) is 1.10. The van der Waals surface area contributed by atoms with Crippen molar-refractivity contribution < 1.29 is 4.79 Å². The van der Waals surface area contributed by atoms with E-state index in [1.165, 1.54) is 0 Å². The highest BCUT2D eigenvalue weighted by Crippen LogP contribution is 2.16. The summed E-state index contributed by atoms with van der Waals surface area (Å²) in [6, 6.07) is 0.660. The highest BCUT2D eigenvalue weighted by atomic mass is 16.2. The van der Waals surface area contributed by atoms with Crippen LogP contribution in [0.4, 0.5) is 4.79 Å². The zero-order valence-electron chi connectivity index (χ0n) is 10.3. The monoisotopic (exact) mass is 226 g/mol. The summed E-state index contributed by atoms with van der Waals surface area (Å²) in [6.45, 7) is 5.60. The van der Waals surface area contributed by atoms with Crippen LogP contribution in [0.3, 0.4) is 0 Å². The lowest BCUT2D eigenvalue weighted by molar-refractivity contribution is 0.177. The number of nitrogens with one attached hydrogen (secondary N) is 1. The molecule has 0 aromatic carbocycles. The highest BCUT2D eigenvalue weighted by molar-refractivity contribution is 5.77. The van der Waals surface area contributed by atoms with E-state index in [0.717, 1.165) is 45.7 Å². The van der Waals surface area contributed by atoms with Gasteiger partial charge in [-0.2, -0.15) is 0 Å². The Bertz CT molecular complexity index is 250. The molecule has 0 aliphatic carbocycles. The van der Waals surface area contributed by atoms with Crippen molar-refractivity contribution in [2.75, 3.05) is 53.4 Å². The second-order valence-corrected chi connectivity index (χ2v) is 4.91. The second kappa shape index (κ2) is 5.01. The summed E-state index contributed by atoms with van der Waals surface area (Å²) in [5.41, 5.74) is 0. The number of urea groups is 1. The average molecular weight is 226 g/mol. The molecule has 16 heavy (non-hydrogen) atoms. The van der Waals surface area contributed by atoms with Gasteiger partial charge in [0.2, 0.25) is 0 Å². The van der Waals surface area contributed by atoms with Gasteiger partial charge in [-0.1, -0.05) is 0 Å². The summed E-state index contributed by atoms with van der Waals surface area (Å²) in [5, 5.41) is 3.31. The summed E-state index contributed by atoms with van der Waals surface area (Å²) >= 11 is 0. The SMILES string of the molecule is CN(C)CCN1CCN(C2CCNC2)C1=O. The van der Waals surface area contributed by atoms with Crippen LogP contribution in [0.25, 0.3) is 0 Å². The lowest BCUT2D eigenvalue weighted by Crippen LogP contribution is -2.41. The molecule has 1 atom stereocenters. The van der Waals surface area contributed by atoms with E-state index in [1.54, 1.807) is 0 Å². The summed E-state index contributed by atoms with van der Waals surface area (Å²) < 4.78 is 0. The minimum Gasteiger partial charge on any atom is -0.322 e. The Balaban J connectivity index is 1.83. The first-order valence-electron chi connectivity index (χ1n) is 6.09. The Kier molecular flexibility index (Phi) is 3.66. The van der Waals surface area contributed by atoms with E-state index in [1.807, 2.05) is 23.9 Å². The number of carbonyl (C=O) groups excluding carboxylic acids is 1. The molecule has 0 spiro atoms. The van der Waals surface area contributed by atoms with E-state index in [-0.39, 0.29) is 6.03 Å². The molecule has 0 radical (unpaired) electrons. The quantitative estimate of drug-likeness (QED) is 0.712. The van der Waals surface area contributed by atoms with Crippen LogP contribution in [0.2, 0.25) is 0 Å². The van der Waals surface area contributed by atoms with Gasteiger partial charge in [-0.3, -0.25) is 0 Å². The number of likely N-dealkylation sites (N-methyl/N-ethyl adjacent to an activating group) is 1. The van der Waals surface area contributed by atoms with Crippen LogP contribution in [0.15, 0.2) is 0 Å². The topological polar surface area (TPSA) is 38.8 Å². The molecule has 5 nitrogen and oxygen atoms in total. The number of rotatable bonds is 4. The Hall–Kier alpha value is -0.810. The number of hydrogen-bond donors (Lipinski definition) is 1. The van der Waals surface area contributed by atoms with Crippen LogP contribution >= 0.6 is 0 Å². The van der Waals surface area contributed by atoms with Gasteiger partial charge in [-0.15, -0.1) is 0 Å². The molecule has 2 rings (SSSR count). The van der Waals surface area contributed by atoms with Crippen LogP contribution in [-0.4, -0.2) is 80.1 Å². The summed E-state index contributed by atoms with van der Waals surface area (Å²) in [7, 11) is 4.08. The number of amides is 2. The minimum absolute atomic E-state index is 0.232. The average Bonchev–Trinajstić information content (AvgIpc) is 2.84. The third-order valence-electron chi connectivity index (χ3n) is 3.42. The maximum atomic E-state index is 12.1. The van der Waals surface area contributed by atoms with E-state index in [9.17, 15) is 4.79 Å². The number of carbonyl (C=O) groups is 1. The van der Waals surface area contributed by atoms with Crippen molar-refractivity contribution in [2.45, 2.75) is 12.5 Å². The Morgan fingerprint density at radius 1 is 1.44 bits per heavy atom. The largest absolute Gasteiger partial charge is 0.322 e. The van der Waals surface area contributed by atoms with E-state index in [4.69, 9.17) is 0 Å². The molecular formula is C11H22N4O. The molecule has 2 amide bonds. The number of hydrogen-bond acceptors (Lipinski definition) is 3. The van der Waals surface area contributed by atoms with Crippen LogP contribution in [0, 0.1) is 0 Å². The molecule has 5 heteroatoms. The van der Waals surface area contributed by atoms with E-state index in [0.29, 0.717) is 6.04 Å². The molecule has 2 saturated heterocycles. The molecule has 92 valence electrons. The molecule has 2 aliphatic heterocycles. The van der Waals surface area contributed by atoms with E-state index in [2.05, 4.69) is 10.2 Å². The second-order valence-electron chi connectivity index (χ2n) is 4.91. The normalized spacial score (nSPS) is 26.2. The van der Waals surface area contributed by atoms with Gasteiger partial charge in [-0.05, 0) is 27.1 Å². The van der Waals surface area contributed by atoms with Gasteiger partial charge in [-0.25, -0.2) is 4.79 Å². The molecule has 2 heterocycles. The zero-order valence-corrected chi connectivity index (χ0v) is 10.3. The van der Waals surface area contributed by atoms with Gasteiger partial charge < -0.3 is 20.0 Å². The molecule has 0 bridgehead atoms. The van der Waals surface area contributed by atoms with Gasteiger partial charge >= 0.3 is 6.03 Å². The first kappa shape index (κ1) is 11.7. The van der Waals surface area contributed by atoms with Crippen molar-refractivity contribution in [3.8, 4) is 0 Å². The third-order valence-corrected chi connectivity index (χ3v) is 3.42. The molecule has 2 aliphatic rings. The first-order valence-corrected chi connectivity index (χ1v) is 6.09. The zero-order chi connectivity index (χ0) is 11.5. The maximum Gasteiger partial charge on any atom is 0.320 e. The fourth-order valence-electron chi connectivity index (χ4n) is 2.37. The van der Waals surface area contributed by atoms with Crippen molar-refractivity contribution in [2.24, 2.45) is 0 Å². The fraction of sp³-hybridized carbons (Fsp3) is 0.909. The van der Waals surface area contributed by atoms with Gasteiger partial charge in [0.15, 0.2) is 0 Å². The van der Waals surface area contributed by atoms with E-state index < -0.39 is 0 Å². The molecule has 2 fully saturated rings. The van der Waals surface area contributed by atoms with Crippen molar-refractivity contribution in [1.29, 1.82) is 0 Å². The van der Waals surface area contributed by atoms with Crippen LogP contribution < -0.4 is 5.32 Å². The minimum atomic E-state index is 0.232. The van der Waals surface area contributed by atoms with Gasteiger partial charge in [0.1, 0.15) is 0 Å². The van der Waals surface area contributed by atoms with Crippen LogP contribution in [0.1, 0.15) is 6.42 Å². The lowest BCUT2D eigenvalue weighted by Gasteiger charge is -2.24. The standard InChI is InChI=1S/C11H22N4O/c1-13(2)5-6-14-7-8-15(11(14)16)10-3-4-12-9-10/h10,12H,3-9H2,1-2H3. The Morgan fingerprint density at radius 3 is 2.88 bits per heavy atom. The molecule has 0 aromatic rings. The molecular weight excluding hydrogens is 204 g/mol. The maximum absolute atomic E-state index is 12.1. The van der Waals surface area contributed by atoms with Gasteiger partial charge in [0, 0.05) is 38.8 Å².